The highest BCUT2D eigenvalue weighted by atomic mass is 16.6. The van der Waals surface area contributed by atoms with Crippen molar-refractivity contribution in [1.82, 2.24) is 9.88 Å². The number of phenolic OH excluding ortho intramolecular Hbond substituents is 1. The Kier molecular flexibility index (Phi) is 3.78. The Morgan fingerprint density at radius 1 is 1.21 bits per heavy atom. The molecule has 3 N–H and O–H groups in total. The van der Waals surface area contributed by atoms with Crippen molar-refractivity contribution in [3.8, 4) is 5.75 Å². The molecule has 7 heteroatoms. The first-order valence-electron chi connectivity index (χ1n) is 9.80. The predicted octanol–water partition coefficient (Wildman–Crippen LogP) is 2.88. The largest absolute Gasteiger partial charge is 0.508 e. The molecule has 1 aliphatic heterocycles. The van der Waals surface area contributed by atoms with Gasteiger partial charge in [-0.25, -0.2) is 0 Å². The Morgan fingerprint density at radius 3 is 2.76 bits per heavy atom. The number of aromatic amines is 1. The highest BCUT2D eigenvalue weighted by Crippen LogP contribution is 2.52. The quantitative estimate of drug-likeness (QED) is 0.459. The van der Waals surface area contributed by atoms with E-state index in [-0.39, 0.29) is 16.4 Å². The number of likely N-dealkylation sites (tertiary alicyclic amines) is 1. The second-order valence-corrected chi connectivity index (χ2v) is 8.54. The number of rotatable bonds is 2. The Hall–Kier alpha value is -2.90. The molecule has 1 aromatic heterocycles. The number of aliphatic hydroxyl groups is 1. The summed E-state index contributed by atoms with van der Waals surface area (Å²) in [6.07, 6.45) is 1.61. The van der Waals surface area contributed by atoms with Crippen molar-refractivity contribution in [2.45, 2.75) is 30.3 Å². The van der Waals surface area contributed by atoms with E-state index < -0.39 is 11.0 Å². The van der Waals surface area contributed by atoms with Gasteiger partial charge in [-0.15, -0.1) is 0 Å². The van der Waals surface area contributed by atoms with E-state index in [1.54, 1.807) is 18.2 Å². The number of H-pyrrole nitrogens is 1. The van der Waals surface area contributed by atoms with Crippen LogP contribution in [0.5, 0.6) is 5.75 Å². The Morgan fingerprint density at radius 2 is 2.00 bits per heavy atom. The third-order valence-electron chi connectivity index (χ3n) is 6.88. The average molecular weight is 393 g/mol. The third-order valence-corrected chi connectivity index (χ3v) is 6.88. The van der Waals surface area contributed by atoms with E-state index in [0.29, 0.717) is 24.8 Å². The topological polar surface area (TPSA) is 103 Å². The average Bonchev–Trinajstić information content (AvgIpc) is 3.02. The van der Waals surface area contributed by atoms with Gasteiger partial charge in [0.05, 0.1) is 21.4 Å². The van der Waals surface area contributed by atoms with E-state index in [0.717, 1.165) is 35.3 Å². The number of aromatic hydroxyl groups is 1. The zero-order valence-electron chi connectivity index (χ0n) is 16.2. The zero-order chi connectivity index (χ0) is 20.4. The summed E-state index contributed by atoms with van der Waals surface area (Å²) < 4.78 is 0. The molecule has 0 saturated carbocycles. The summed E-state index contributed by atoms with van der Waals surface area (Å²) in [7, 11) is 1.98. The van der Waals surface area contributed by atoms with Crippen molar-refractivity contribution < 1.29 is 15.1 Å². The number of nitro groups is 1. The predicted molar refractivity (Wildman–Crippen MR) is 109 cm³/mol. The maximum absolute atomic E-state index is 12.0. The number of piperidine rings is 1. The molecule has 0 amide bonds. The number of hydrogen-bond donors (Lipinski definition) is 3. The maximum Gasteiger partial charge on any atom is 0.279 e. The van der Waals surface area contributed by atoms with Gasteiger partial charge in [-0.2, -0.15) is 0 Å². The van der Waals surface area contributed by atoms with Crippen LogP contribution in [0, 0.1) is 10.1 Å². The monoisotopic (exact) mass is 393 g/mol. The summed E-state index contributed by atoms with van der Waals surface area (Å²) in [5.41, 5.74) is 1.81. The van der Waals surface area contributed by atoms with Crippen LogP contribution in [0.15, 0.2) is 42.5 Å². The van der Waals surface area contributed by atoms with E-state index in [4.69, 9.17) is 0 Å². The van der Waals surface area contributed by atoms with Crippen LogP contribution in [-0.2, 0) is 18.3 Å². The molecule has 3 aromatic rings. The van der Waals surface area contributed by atoms with E-state index >= 15 is 0 Å². The van der Waals surface area contributed by atoms with Crippen molar-refractivity contribution in [2.24, 2.45) is 0 Å². The number of fused-ring (bicyclic) bond motifs is 4. The van der Waals surface area contributed by atoms with Crippen LogP contribution >= 0.6 is 0 Å². The lowest BCUT2D eigenvalue weighted by Crippen LogP contribution is -2.65. The third kappa shape index (κ3) is 2.51. The first kappa shape index (κ1) is 18.1. The number of benzene rings is 2. The fourth-order valence-electron chi connectivity index (χ4n) is 5.53. The van der Waals surface area contributed by atoms with Crippen molar-refractivity contribution in [2.75, 3.05) is 20.1 Å². The molecule has 1 aliphatic carbocycles. The van der Waals surface area contributed by atoms with Crippen LogP contribution in [0.4, 0.5) is 5.69 Å². The van der Waals surface area contributed by atoms with Gasteiger partial charge in [0.1, 0.15) is 5.75 Å². The van der Waals surface area contributed by atoms with Crippen molar-refractivity contribution in [1.29, 1.82) is 0 Å². The van der Waals surface area contributed by atoms with Gasteiger partial charge in [0, 0.05) is 36.6 Å². The fraction of sp³-hybridized carbons (Fsp3) is 0.364. The van der Waals surface area contributed by atoms with Gasteiger partial charge in [0.15, 0.2) is 0 Å². The summed E-state index contributed by atoms with van der Waals surface area (Å²) in [6.45, 7) is 1.29. The van der Waals surface area contributed by atoms with Crippen LogP contribution in [-0.4, -0.2) is 50.8 Å². The molecule has 29 heavy (non-hydrogen) atoms. The number of non-ortho nitro benzene ring substituents is 1. The van der Waals surface area contributed by atoms with Crippen molar-refractivity contribution in [3.05, 3.63) is 69.4 Å². The lowest BCUT2D eigenvalue weighted by Gasteiger charge is -2.55. The SMILES string of the molecule is CN1CC[C@@]2(c3cccc(O)c3)Cc3[nH]c4cccc([N+](=O)[O-])c4c3C[C@]2(O)C1. The van der Waals surface area contributed by atoms with E-state index in [2.05, 4.69) is 9.88 Å². The van der Waals surface area contributed by atoms with Gasteiger partial charge in [-0.1, -0.05) is 18.2 Å². The molecule has 1 saturated heterocycles. The lowest BCUT2D eigenvalue weighted by molar-refractivity contribution is -0.383. The molecule has 0 radical (unpaired) electrons. The van der Waals surface area contributed by atoms with E-state index in [9.17, 15) is 20.3 Å². The van der Waals surface area contributed by atoms with Crippen LogP contribution in [0.2, 0.25) is 0 Å². The molecule has 5 rings (SSSR count). The van der Waals surface area contributed by atoms with Crippen molar-refractivity contribution >= 4 is 16.6 Å². The molecule has 2 aromatic carbocycles. The number of likely N-dealkylation sites (N-methyl/N-ethyl adjacent to an activating group) is 1. The lowest BCUT2D eigenvalue weighted by atomic mass is 9.56. The Bertz CT molecular complexity index is 1140. The Labute approximate surface area is 167 Å². The van der Waals surface area contributed by atoms with Gasteiger partial charge in [-0.3, -0.25) is 10.1 Å². The molecule has 0 spiro atoms. The van der Waals surface area contributed by atoms with Gasteiger partial charge in [-0.05, 0) is 49.3 Å². The second kappa shape index (κ2) is 6.05. The highest BCUT2D eigenvalue weighted by molar-refractivity contribution is 5.93. The molecular formula is C22H23N3O4. The summed E-state index contributed by atoms with van der Waals surface area (Å²) >= 11 is 0. The number of nitrogens with zero attached hydrogens (tertiary/aromatic N) is 2. The summed E-state index contributed by atoms with van der Waals surface area (Å²) in [4.78, 5) is 16.8. The van der Waals surface area contributed by atoms with Crippen LogP contribution in [0.1, 0.15) is 23.2 Å². The van der Waals surface area contributed by atoms with Crippen LogP contribution < -0.4 is 0 Å². The number of nitrogens with one attached hydrogen (secondary N) is 1. The minimum atomic E-state index is -1.10. The summed E-state index contributed by atoms with van der Waals surface area (Å²) in [6, 6.07) is 12.2. The number of hydrogen-bond acceptors (Lipinski definition) is 5. The first-order valence-corrected chi connectivity index (χ1v) is 9.80. The fourth-order valence-corrected chi connectivity index (χ4v) is 5.53. The smallest absolute Gasteiger partial charge is 0.279 e. The van der Waals surface area contributed by atoms with Crippen molar-refractivity contribution in [3.63, 3.8) is 0 Å². The Balaban J connectivity index is 1.76. The highest BCUT2D eigenvalue weighted by Gasteiger charge is 2.57. The molecule has 1 fully saturated rings. The molecular weight excluding hydrogens is 370 g/mol. The molecule has 2 heterocycles. The number of aromatic nitrogens is 1. The van der Waals surface area contributed by atoms with E-state index in [1.165, 1.54) is 6.07 Å². The molecule has 0 unspecified atom stereocenters. The molecule has 0 bridgehead atoms. The maximum atomic E-state index is 12.0. The number of nitro benzene ring substituents is 1. The molecule has 2 aliphatic rings. The minimum absolute atomic E-state index is 0.0672. The van der Waals surface area contributed by atoms with Gasteiger partial charge >= 0.3 is 0 Å². The van der Waals surface area contributed by atoms with Crippen LogP contribution in [0.25, 0.3) is 10.9 Å². The minimum Gasteiger partial charge on any atom is -0.508 e. The summed E-state index contributed by atoms with van der Waals surface area (Å²) in [5.74, 6) is 0.177. The van der Waals surface area contributed by atoms with Gasteiger partial charge < -0.3 is 20.1 Å². The molecule has 2 atom stereocenters. The van der Waals surface area contributed by atoms with Crippen LogP contribution in [0.3, 0.4) is 0 Å². The molecule has 150 valence electrons. The van der Waals surface area contributed by atoms with E-state index in [1.807, 2.05) is 25.2 Å². The molecule has 7 nitrogen and oxygen atoms in total. The number of phenols is 1. The van der Waals surface area contributed by atoms with Gasteiger partial charge in [0.2, 0.25) is 0 Å². The number of β-amino-alcohol motifs (C(OH)–C–C–N with tert-alkyl or cyclic N) is 1. The van der Waals surface area contributed by atoms with Gasteiger partial charge in [0.25, 0.3) is 5.69 Å². The summed E-state index contributed by atoms with van der Waals surface area (Å²) in [5, 5.41) is 34.3. The second-order valence-electron chi connectivity index (χ2n) is 8.54. The standard InChI is InChI=1S/C22H23N3O4/c1-24-9-8-21(14-4-2-5-15(26)10-14)12-18-16(11-22(21,27)13-24)20-17(23-18)6-3-7-19(20)25(28)29/h2-7,10,23,26-27H,8-9,11-13H2,1H3/t21-,22-/m0/s1. The normalized spacial score (nSPS) is 26.8. The first-order chi connectivity index (χ1) is 13.8. The zero-order valence-corrected chi connectivity index (χ0v) is 16.2.